The molecule has 21 heavy (non-hydrogen) atoms. The van der Waals surface area contributed by atoms with E-state index in [1.807, 2.05) is 6.92 Å². The van der Waals surface area contributed by atoms with E-state index in [1.54, 1.807) is 31.3 Å². The Morgan fingerprint density at radius 3 is 2.43 bits per heavy atom. The summed E-state index contributed by atoms with van der Waals surface area (Å²) >= 11 is 0. The second-order valence-corrected chi connectivity index (χ2v) is 7.29. The smallest absolute Gasteiger partial charge is 0.242 e. The second kappa shape index (κ2) is 7.24. The molecule has 0 unspecified atom stereocenters. The Morgan fingerprint density at radius 2 is 1.86 bits per heavy atom. The molecular weight excluding hydrogens is 290 g/mol. The van der Waals surface area contributed by atoms with E-state index < -0.39 is 10.0 Å². The molecule has 0 aliphatic carbocycles. The molecule has 0 radical (unpaired) electrons. The molecular formula is C15H23NO4S. The average molecular weight is 313 g/mol. The molecule has 118 valence electrons. The van der Waals surface area contributed by atoms with Crippen molar-refractivity contribution in [2.24, 2.45) is 5.92 Å². The van der Waals surface area contributed by atoms with Crippen molar-refractivity contribution >= 4 is 10.0 Å². The molecule has 2 rings (SSSR count). The summed E-state index contributed by atoms with van der Waals surface area (Å²) in [6, 6.07) is 6.58. The minimum atomic E-state index is -3.43. The predicted octanol–water partition coefficient (Wildman–Crippen LogP) is 2.13. The van der Waals surface area contributed by atoms with Gasteiger partial charge in [-0.1, -0.05) is 0 Å². The standard InChI is InChI=1S/C15H23NO4S/c1-3-20-14-4-6-15(7-5-14)21(17,18)16(2)12-13-8-10-19-11-9-13/h4-7,13H,3,8-12H2,1-2H3. The molecule has 1 fully saturated rings. The highest BCUT2D eigenvalue weighted by molar-refractivity contribution is 7.89. The van der Waals surface area contributed by atoms with Gasteiger partial charge in [0.15, 0.2) is 0 Å². The van der Waals surface area contributed by atoms with E-state index in [9.17, 15) is 8.42 Å². The topological polar surface area (TPSA) is 55.8 Å². The van der Waals surface area contributed by atoms with Crippen LogP contribution >= 0.6 is 0 Å². The van der Waals surface area contributed by atoms with Crippen molar-refractivity contribution in [3.8, 4) is 5.75 Å². The second-order valence-electron chi connectivity index (χ2n) is 5.25. The van der Waals surface area contributed by atoms with Gasteiger partial charge in [-0.3, -0.25) is 0 Å². The maximum Gasteiger partial charge on any atom is 0.242 e. The fourth-order valence-electron chi connectivity index (χ4n) is 2.45. The number of hydrogen-bond donors (Lipinski definition) is 0. The molecule has 0 amide bonds. The highest BCUT2D eigenvalue weighted by Crippen LogP contribution is 2.22. The van der Waals surface area contributed by atoms with E-state index in [1.165, 1.54) is 4.31 Å². The highest BCUT2D eigenvalue weighted by Gasteiger charge is 2.24. The van der Waals surface area contributed by atoms with Crippen LogP contribution in [0.15, 0.2) is 29.2 Å². The van der Waals surface area contributed by atoms with Gasteiger partial charge in [-0.05, 0) is 49.9 Å². The van der Waals surface area contributed by atoms with Crippen LogP contribution < -0.4 is 4.74 Å². The number of rotatable bonds is 6. The molecule has 6 heteroatoms. The lowest BCUT2D eigenvalue weighted by atomic mass is 10.0. The van der Waals surface area contributed by atoms with Crippen molar-refractivity contribution < 1.29 is 17.9 Å². The number of ether oxygens (including phenoxy) is 2. The van der Waals surface area contributed by atoms with Crippen molar-refractivity contribution in [2.75, 3.05) is 33.4 Å². The minimum Gasteiger partial charge on any atom is -0.494 e. The summed E-state index contributed by atoms with van der Waals surface area (Å²) < 4.78 is 37.1. The number of sulfonamides is 1. The summed E-state index contributed by atoms with van der Waals surface area (Å²) in [6.07, 6.45) is 1.84. The summed E-state index contributed by atoms with van der Waals surface area (Å²) in [4.78, 5) is 0.306. The third-order valence-corrected chi connectivity index (χ3v) is 5.54. The van der Waals surface area contributed by atoms with Crippen LogP contribution in [0.4, 0.5) is 0 Å². The summed E-state index contributed by atoms with van der Waals surface area (Å²) in [5, 5.41) is 0. The minimum absolute atomic E-state index is 0.306. The maximum absolute atomic E-state index is 12.5. The van der Waals surface area contributed by atoms with Gasteiger partial charge in [0.2, 0.25) is 10.0 Å². The van der Waals surface area contributed by atoms with Gasteiger partial charge in [0.25, 0.3) is 0 Å². The zero-order valence-corrected chi connectivity index (χ0v) is 13.4. The lowest BCUT2D eigenvalue weighted by molar-refractivity contribution is 0.0620. The Hall–Kier alpha value is -1.11. The fourth-order valence-corrected chi connectivity index (χ4v) is 3.69. The molecule has 1 aliphatic heterocycles. The highest BCUT2D eigenvalue weighted by atomic mass is 32.2. The van der Waals surface area contributed by atoms with Crippen LogP contribution in [-0.4, -0.2) is 46.1 Å². The largest absolute Gasteiger partial charge is 0.494 e. The molecule has 1 aromatic carbocycles. The van der Waals surface area contributed by atoms with Gasteiger partial charge in [0, 0.05) is 26.8 Å². The Kier molecular flexibility index (Phi) is 5.61. The Labute approximate surface area is 126 Å². The van der Waals surface area contributed by atoms with Crippen LogP contribution in [-0.2, 0) is 14.8 Å². The van der Waals surface area contributed by atoms with Gasteiger partial charge >= 0.3 is 0 Å². The van der Waals surface area contributed by atoms with Crippen molar-refractivity contribution in [1.29, 1.82) is 0 Å². The molecule has 1 aliphatic rings. The average Bonchev–Trinajstić information content (AvgIpc) is 2.49. The number of hydrogen-bond acceptors (Lipinski definition) is 4. The zero-order valence-electron chi connectivity index (χ0n) is 12.6. The van der Waals surface area contributed by atoms with Gasteiger partial charge in [-0.15, -0.1) is 0 Å². The molecule has 0 spiro atoms. The molecule has 0 aromatic heterocycles. The summed E-state index contributed by atoms with van der Waals surface area (Å²) in [6.45, 7) is 4.45. The molecule has 5 nitrogen and oxygen atoms in total. The van der Waals surface area contributed by atoms with Crippen LogP contribution in [0.5, 0.6) is 5.75 Å². The van der Waals surface area contributed by atoms with E-state index in [4.69, 9.17) is 9.47 Å². The van der Waals surface area contributed by atoms with Crippen molar-refractivity contribution in [1.82, 2.24) is 4.31 Å². The third kappa shape index (κ3) is 4.18. The molecule has 1 aromatic rings. The molecule has 1 heterocycles. The molecule has 0 N–H and O–H groups in total. The van der Waals surface area contributed by atoms with Crippen LogP contribution in [0.25, 0.3) is 0 Å². The van der Waals surface area contributed by atoms with Gasteiger partial charge in [0.1, 0.15) is 5.75 Å². The van der Waals surface area contributed by atoms with E-state index in [-0.39, 0.29) is 0 Å². The van der Waals surface area contributed by atoms with Crippen LogP contribution in [0.1, 0.15) is 19.8 Å². The Balaban J connectivity index is 2.05. The van der Waals surface area contributed by atoms with Gasteiger partial charge < -0.3 is 9.47 Å². The first-order valence-corrected chi connectivity index (χ1v) is 8.75. The molecule has 0 bridgehead atoms. The third-order valence-electron chi connectivity index (χ3n) is 3.70. The number of benzene rings is 1. The summed E-state index contributed by atoms with van der Waals surface area (Å²) in [7, 11) is -1.79. The first-order chi connectivity index (χ1) is 10.0. The summed E-state index contributed by atoms with van der Waals surface area (Å²) in [5.74, 6) is 1.06. The summed E-state index contributed by atoms with van der Waals surface area (Å²) in [5.41, 5.74) is 0. The van der Waals surface area contributed by atoms with Crippen molar-refractivity contribution in [3.63, 3.8) is 0 Å². The quantitative estimate of drug-likeness (QED) is 0.807. The zero-order chi connectivity index (χ0) is 15.3. The lowest BCUT2D eigenvalue weighted by Gasteiger charge is -2.26. The number of nitrogens with zero attached hydrogens (tertiary/aromatic N) is 1. The van der Waals surface area contributed by atoms with E-state index >= 15 is 0 Å². The normalized spacial score (nSPS) is 17.1. The molecule has 0 saturated carbocycles. The molecule has 0 atom stereocenters. The van der Waals surface area contributed by atoms with Crippen molar-refractivity contribution in [2.45, 2.75) is 24.7 Å². The lowest BCUT2D eigenvalue weighted by Crippen LogP contribution is -2.34. The van der Waals surface area contributed by atoms with Crippen LogP contribution in [0.3, 0.4) is 0 Å². The van der Waals surface area contributed by atoms with Gasteiger partial charge in [0.05, 0.1) is 11.5 Å². The van der Waals surface area contributed by atoms with E-state index in [2.05, 4.69) is 0 Å². The van der Waals surface area contributed by atoms with E-state index in [0.29, 0.717) is 29.7 Å². The Bertz CT molecular complexity index is 535. The first kappa shape index (κ1) is 16.3. The van der Waals surface area contributed by atoms with Crippen LogP contribution in [0.2, 0.25) is 0 Å². The van der Waals surface area contributed by atoms with Gasteiger partial charge in [-0.25, -0.2) is 12.7 Å². The SMILES string of the molecule is CCOc1ccc(S(=O)(=O)N(C)CC2CCOCC2)cc1. The first-order valence-electron chi connectivity index (χ1n) is 7.31. The van der Waals surface area contributed by atoms with Crippen LogP contribution in [0, 0.1) is 5.92 Å². The van der Waals surface area contributed by atoms with Gasteiger partial charge in [-0.2, -0.15) is 0 Å². The van der Waals surface area contributed by atoms with E-state index in [0.717, 1.165) is 26.1 Å². The predicted molar refractivity (Wildman–Crippen MR) is 81.0 cm³/mol. The maximum atomic E-state index is 12.5. The fraction of sp³-hybridized carbons (Fsp3) is 0.600. The van der Waals surface area contributed by atoms with Crippen molar-refractivity contribution in [3.05, 3.63) is 24.3 Å². The Morgan fingerprint density at radius 1 is 1.24 bits per heavy atom. The molecule has 1 saturated heterocycles. The monoisotopic (exact) mass is 313 g/mol.